The predicted molar refractivity (Wildman–Crippen MR) is 78.1 cm³/mol. The van der Waals surface area contributed by atoms with Crippen molar-refractivity contribution in [3.8, 4) is 0 Å². The Morgan fingerprint density at radius 1 is 1.52 bits per heavy atom. The van der Waals surface area contributed by atoms with Crippen molar-refractivity contribution in [3.05, 3.63) is 35.6 Å². The first-order valence-corrected chi connectivity index (χ1v) is 7.09. The number of benzene rings is 1. The Hall–Kier alpha value is -1.50. The van der Waals surface area contributed by atoms with E-state index in [1.807, 2.05) is 11.9 Å². The number of nitrogens with zero attached hydrogens (tertiary/aromatic N) is 2. The van der Waals surface area contributed by atoms with Crippen molar-refractivity contribution in [1.29, 1.82) is 0 Å². The molecule has 1 aromatic rings. The number of nitrogens with two attached hydrogens (primary N) is 1. The zero-order valence-corrected chi connectivity index (χ0v) is 12.3. The van der Waals surface area contributed by atoms with Gasteiger partial charge in [0.2, 0.25) is 5.91 Å². The van der Waals surface area contributed by atoms with Gasteiger partial charge in [-0.25, -0.2) is 4.39 Å². The smallest absolute Gasteiger partial charge is 0.231 e. The Kier molecular flexibility index (Phi) is 5.67. The molecule has 0 bridgehead atoms. The minimum Gasteiger partial charge on any atom is -0.374 e. The zero-order chi connectivity index (χ0) is 15.2. The molecule has 1 aliphatic rings. The molecule has 1 fully saturated rings. The van der Waals surface area contributed by atoms with Crippen LogP contribution in [0.1, 0.15) is 5.56 Å². The van der Waals surface area contributed by atoms with Crippen molar-refractivity contribution in [2.45, 2.75) is 12.6 Å². The number of rotatable bonds is 6. The van der Waals surface area contributed by atoms with Gasteiger partial charge in [-0.1, -0.05) is 18.2 Å². The summed E-state index contributed by atoms with van der Waals surface area (Å²) < 4.78 is 19.4. The third kappa shape index (κ3) is 5.08. The van der Waals surface area contributed by atoms with E-state index >= 15 is 0 Å². The largest absolute Gasteiger partial charge is 0.374 e. The molecule has 1 heterocycles. The molecule has 0 radical (unpaired) electrons. The van der Waals surface area contributed by atoms with Crippen LogP contribution in [-0.4, -0.2) is 61.6 Å². The Morgan fingerprint density at radius 2 is 2.29 bits per heavy atom. The lowest BCUT2D eigenvalue weighted by Crippen LogP contribution is -2.47. The SMILES string of the molecule is CN1CCO[C@H](CN(CC(N)=O)Cc2ccccc2F)C1. The molecule has 116 valence electrons. The number of hydrogen-bond acceptors (Lipinski definition) is 4. The predicted octanol–water partition coefficient (Wildman–Crippen LogP) is 0.444. The Labute approximate surface area is 124 Å². The van der Waals surface area contributed by atoms with E-state index in [1.165, 1.54) is 6.07 Å². The van der Waals surface area contributed by atoms with Crippen molar-refractivity contribution in [1.82, 2.24) is 9.80 Å². The summed E-state index contributed by atoms with van der Waals surface area (Å²) >= 11 is 0. The molecule has 0 unspecified atom stereocenters. The van der Waals surface area contributed by atoms with Crippen LogP contribution in [0, 0.1) is 5.82 Å². The summed E-state index contributed by atoms with van der Waals surface area (Å²) in [6.07, 6.45) is 0.00914. The molecule has 2 N–H and O–H groups in total. The van der Waals surface area contributed by atoms with E-state index in [9.17, 15) is 9.18 Å². The topological polar surface area (TPSA) is 58.8 Å². The van der Waals surface area contributed by atoms with E-state index in [-0.39, 0.29) is 18.5 Å². The van der Waals surface area contributed by atoms with Gasteiger partial charge in [-0.3, -0.25) is 9.69 Å². The fourth-order valence-corrected chi connectivity index (χ4v) is 2.54. The summed E-state index contributed by atoms with van der Waals surface area (Å²) in [5, 5.41) is 0. The maximum atomic E-state index is 13.7. The number of halogens is 1. The van der Waals surface area contributed by atoms with E-state index in [1.54, 1.807) is 18.2 Å². The van der Waals surface area contributed by atoms with Crippen LogP contribution in [-0.2, 0) is 16.1 Å². The average Bonchev–Trinajstić information content (AvgIpc) is 2.40. The second-order valence-electron chi connectivity index (χ2n) is 5.48. The van der Waals surface area contributed by atoms with Crippen molar-refractivity contribution < 1.29 is 13.9 Å². The molecular formula is C15H22FN3O2. The third-order valence-corrected chi connectivity index (χ3v) is 3.53. The lowest BCUT2D eigenvalue weighted by molar-refractivity contribution is -0.120. The fraction of sp³-hybridized carbons (Fsp3) is 0.533. The van der Waals surface area contributed by atoms with E-state index in [2.05, 4.69) is 4.90 Å². The third-order valence-electron chi connectivity index (χ3n) is 3.53. The normalized spacial score (nSPS) is 19.9. The molecule has 1 aliphatic heterocycles. The van der Waals surface area contributed by atoms with E-state index in [0.29, 0.717) is 25.3 Å². The highest BCUT2D eigenvalue weighted by Gasteiger charge is 2.22. The van der Waals surface area contributed by atoms with E-state index in [4.69, 9.17) is 10.5 Å². The number of carbonyl (C=O) groups is 1. The number of carbonyl (C=O) groups excluding carboxylic acids is 1. The number of ether oxygens (including phenoxy) is 1. The van der Waals surface area contributed by atoms with Gasteiger partial charge in [-0.05, 0) is 13.1 Å². The first kappa shape index (κ1) is 15.9. The summed E-state index contributed by atoms with van der Waals surface area (Å²) in [5.74, 6) is -0.691. The molecule has 1 aromatic carbocycles. The highest BCUT2D eigenvalue weighted by Crippen LogP contribution is 2.12. The van der Waals surface area contributed by atoms with Crippen LogP contribution < -0.4 is 5.73 Å². The molecule has 2 rings (SSSR count). The van der Waals surface area contributed by atoms with Crippen LogP contribution in [0.3, 0.4) is 0 Å². The summed E-state index contributed by atoms with van der Waals surface area (Å²) in [6, 6.07) is 6.57. The molecule has 6 heteroatoms. The summed E-state index contributed by atoms with van der Waals surface area (Å²) in [7, 11) is 2.03. The van der Waals surface area contributed by atoms with Crippen LogP contribution in [0.2, 0.25) is 0 Å². The molecule has 1 saturated heterocycles. The lowest BCUT2D eigenvalue weighted by Gasteiger charge is -2.33. The second kappa shape index (κ2) is 7.49. The molecule has 1 amide bonds. The van der Waals surface area contributed by atoms with Crippen LogP contribution in [0.5, 0.6) is 0 Å². The summed E-state index contributed by atoms with van der Waals surface area (Å²) in [6.45, 7) is 3.37. The minimum absolute atomic E-state index is 0.00914. The molecule has 1 atom stereocenters. The van der Waals surface area contributed by atoms with Crippen LogP contribution in [0.15, 0.2) is 24.3 Å². The quantitative estimate of drug-likeness (QED) is 0.827. The number of hydrogen-bond donors (Lipinski definition) is 1. The number of primary amides is 1. The second-order valence-corrected chi connectivity index (χ2v) is 5.48. The first-order valence-electron chi connectivity index (χ1n) is 7.09. The molecule has 0 aromatic heterocycles. The lowest BCUT2D eigenvalue weighted by atomic mass is 10.2. The fourth-order valence-electron chi connectivity index (χ4n) is 2.54. The van der Waals surface area contributed by atoms with Crippen molar-refractivity contribution in [2.75, 3.05) is 39.8 Å². The Bertz CT molecular complexity index is 484. The Balaban J connectivity index is 2.00. The molecule has 5 nitrogen and oxygen atoms in total. The maximum absolute atomic E-state index is 13.7. The van der Waals surface area contributed by atoms with Crippen molar-refractivity contribution in [2.24, 2.45) is 5.73 Å². The molecule has 0 saturated carbocycles. The molecule has 21 heavy (non-hydrogen) atoms. The van der Waals surface area contributed by atoms with E-state index in [0.717, 1.165) is 13.1 Å². The highest BCUT2D eigenvalue weighted by molar-refractivity contribution is 5.75. The van der Waals surface area contributed by atoms with Gasteiger partial charge < -0.3 is 15.4 Å². The van der Waals surface area contributed by atoms with Crippen LogP contribution >= 0.6 is 0 Å². The van der Waals surface area contributed by atoms with Gasteiger partial charge in [-0.2, -0.15) is 0 Å². The van der Waals surface area contributed by atoms with Crippen molar-refractivity contribution >= 4 is 5.91 Å². The first-order chi connectivity index (χ1) is 10.0. The van der Waals surface area contributed by atoms with Crippen LogP contribution in [0.25, 0.3) is 0 Å². The minimum atomic E-state index is -0.421. The highest BCUT2D eigenvalue weighted by atomic mass is 19.1. The van der Waals surface area contributed by atoms with Gasteiger partial charge in [0.05, 0.1) is 19.3 Å². The maximum Gasteiger partial charge on any atom is 0.231 e. The van der Waals surface area contributed by atoms with Gasteiger partial charge in [0.15, 0.2) is 0 Å². The van der Waals surface area contributed by atoms with Crippen molar-refractivity contribution in [3.63, 3.8) is 0 Å². The molecule has 0 spiro atoms. The van der Waals surface area contributed by atoms with Gasteiger partial charge >= 0.3 is 0 Å². The van der Waals surface area contributed by atoms with Gasteiger partial charge in [0.1, 0.15) is 5.82 Å². The standard InChI is InChI=1S/C15H22FN3O2/c1-18-6-7-21-13(9-18)10-19(11-15(17)20)8-12-4-2-3-5-14(12)16/h2-5,13H,6-11H2,1H3,(H2,17,20)/t13-/m0/s1. The molecular weight excluding hydrogens is 273 g/mol. The summed E-state index contributed by atoms with van der Waals surface area (Å²) in [4.78, 5) is 15.2. The number of morpholine rings is 1. The average molecular weight is 295 g/mol. The Morgan fingerprint density at radius 3 is 2.95 bits per heavy atom. The summed E-state index contributed by atoms with van der Waals surface area (Å²) in [5.41, 5.74) is 5.85. The monoisotopic (exact) mass is 295 g/mol. The zero-order valence-electron chi connectivity index (χ0n) is 12.3. The molecule has 0 aliphatic carbocycles. The van der Waals surface area contributed by atoms with Gasteiger partial charge in [-0.15, -0.1) is 0 Å². The number of amides is 1. The van der Waals surface area contributed by atoms with E-state index < -0.39 is 5.91 Å². The number of likely N-dealkylation sites (N-methyl/N-ethyl adjacent to an activating group) is 1. The van der Waals surface area contributed by atoms with Crippen LogP contribution in [0.4, 0.5) is 4.39 Å². The van der Waals surface area contributed by atoms with Gasteiger partial charge in [0.25, 0.3) is 0 Å². The van der Waals surface area contributed by atoms with Gasteiger partial charge in [0, 0.05) is 31.7 Å².